The summed E-state index contributed by atoms with van der Waals surface area (Å²) in [5, 5.41) is 15.2. The minimum atomic E-state index is -4.60. The van der Waals surface area contributed by atoms with Gasteiger partial charge in [0.15, 0.2) is 5.82 Å². The fourth-order valence-electron chi connectivity index (χ4n) is 1.63. The van der Waals surface area contributed by atoms with E-state index in [1.165, 1.54) is 0 Å². The number of aryl methyl sites for hydroxylation is 1. The number of aromatic carboxylic acids is 1. The van der Waals surface area contributed by atoms with Crippen LogP contribution in [0.25, 0.3) is 0 Å². The predicted molar refractivity (Wildman–Crippen MR) is 64.8 cm³/mol. The summed E-state index contributed by atoms with van der Waals surface area (Å²) in [6.45, 7) is 1.61. The van der Waals surface area contributed by atoms with Crippen molar-refractivity contribution in [2.24, 2.45) is 0 Å². The predicted octanol–water partition coefficient (Wildman–Crippen LogP) is 2.71. The lowest BCUT2D eigenvalue weighted by molar-refractivity contribution is -0.137. The molecule has 2 N–H and O–H groups in total. The van der Waals surface area contributed by atoms with Crippen LogP contribution in [0, 0.1) is 6.92 Å². The minimum Gasteiger partial charge on any atom is -0.478 e. The van der Waals surface area contributed by atoms with Crippen LogP contribution in [0.4, 0.5) is 18.9 Å². The van der Waals surface area contributed by atoms with Crippen molar-refractivity contribution >= 4 is 11.7 Å². The number of halogens is 3. The summed E-state index contributed by atoms with van der Waals surface area (Å²) < 4.78 is 42.5. The number of anilines is 1. The zero-order chi connectivity index (χ0) is 15.6. The average Bonchev–Trinajstić information content (AvgIpc) is 2.80. The van der Waals surface area contributed by atoms with Crippen LogP contribution in [0.2, 0.25) is 0 Å². The van der Waals surface area contributed by atoms with Gasteiger partial charge in [-0.15, -0.1) is 0 Å². The minimum absolute atomic E-state index is 0.00643. The Hall–Kier alpha value is -2.58. The second kappa shape index (κ2) is 5.43. The molecule has 0 saturated carbocycles. The monoisotopic (exact) mass is 301 g/mol. The molecule has 0 aliphatic heterocycles. The molecule has 0 aliphatic rings. The maximum absolute atomic E-state index is 12.6. The van der Waals surface area contributed by atoms with Crippen molar-refractivity contribution in [1.82, 2.24) is 10.1 Å². The summed E-state index contributed by atoms with van der Waals surface area (Å²) in [6.07, 6.45) is -4.60. The number of carbonyl (C=O) groups is 1. The Labute approximate surface area is 116 Å². The van der Waals surface area contributed by atoms with Gasteiger partial charge in [-0.05, 0) is 25.1 Å². The molecule has 0 spiro atoms. The van der Waals surface area contributed by atoms with Gasteiger partial charge in [0, 0.05) is 5.69 Å². The highest BCUT2D eigenvalue weighted by molar-refractivity contribution is 5.94. The number of aromatic nitrogens is 2. The van der Waals surface area contributed by atoms with Crippen LogP contribution in [0.1, 0.15) is 27.6 Å². The molecule has 0 bridgehead atoms. The van der Waals surface area contributed by atoms with Gasteiger partial charge in [-0.3, -0.25) is 0 Å². The molecule has 0 atom stereocenters. The third-order valence-corrected chi connectivity index (χ3v) is 2.58. The molecule has 0 amide bonds. The van der Waals surface area contributed by atoms with Gasteiger partial charge in [0.2, 0.25) is 5.89 Å². The first-order chi connectivity index (χ1) is 9.77. The molecule has 1 aromatic heterocycles. The number of rotatable bonds is 4. The molecule has 1 aromatic carbocycles. The van der Waals surface area contributed by atoms with Crippen LogP contribution < -0.4 is 5.32 Å². The SMILES string of the molecule is Cc1noc(CNc2ccc(C(F)(F)F)cc2C(=O)O)n1. The largest absolute Gasteiger partial charge is 0.478 e. The van der Waals surface area contributed by atoms with Crippen LogP contribution in [0.5, 0.6) is 0 Å². The topological polar surface area (TPSA) is 88.2 Å². The first kappa shape index (κ1) is 14.8. The van der Waals surface area contributed by atoms with Gasteiger partial charge in [-0.1, -0.05) is 5.16 Å². The molecule has 2 rings (SSSR count). The molecule has 1 heterocycles. The Morgan fingerprint density at radius 2 is 2.14 bits per heavy atom. The number of nitrogens with one attached hydrogen (secondary N) is 1. The lowest BCUT2D eigenvalue weighted by Crippen LogP contribution is -2.11. The van der Waals surface area contributed by atoms with Crippen LogP contribution in [0.15, 0.2) is 22.7 Å². The van der Waals surface area contributed by atoms with Crippen molar-refractivity contribution in [3.8, 4) is 0 Å². The van der Waals surface area contributed by atoms with E-state index in [1.54, 1.807) is 6.92 Å². The molecule has 0 unspecified atom stereocenters. The molecular formula is C12H10F3N3O3. The fraction of sp³-hybridized carbons (Fsp3) is 0.250. The quantitative estimate of drug-likeness (QED) is 0.902. The number of alkyl halides is 3. The van der Waals surface area contributed by atoms with Gasteiger partial charge >= 0.3 is 12.1 Å². The Kier molecular flexibility index (Phi) is 3.83. The molecule has 0 radical (unpaired) electrons. The highest BCUT2D eigenvalue weighted by Gasteiger charge is 2.31. The summed E-state index contributed by atoms with van der Waals surface area (Å²) in [4.78, 5) is 14.9. The third kappa shape index (κ3) is 3.50. The Morgan fingerprint density at radius 1 is 1.43 bits per heavy atom. The second-order valence-corrected chi connectivity index (χ2v) is 4.15. The lowest BCUT2D eigenvalue weighted by atomic mass is 10.1. The molecular weight excluding hydrogens is 291 g/mol. The number of carboxylic acids is 1. The summed E-state index contributed by atoms with van der Waals surface area (Å²) >= 11 is 0. The van der Waals surface area contributed by atoms with E-state index in [1.807, 2.05) is 0 Å². The Bertz CT molecular complexity index is 667. The molecule has 21 heavy (non-hydrogen) atoms. The first-order valence-corrected chi connectivity index (χ1v) is 5.75. The summed E-state index contributed by atoms with van der Waals surface area (Å²) in [6, 6.07) is 2.42. The van der Waals surface area contributed by atoms with E-state index in [9.17, 15) is 18.0 Å². The van der Waals surface area contributed by atoms with E-state index in [2.05, 4.69) is 15.5 Å². The van der Waals surface area contributed by atoms with Crippen LogP contribution in [0.3, 0.4) is 0 Å². The number of hydrogen-bond acceptors (Lipinski definition) is 5. The highest BCUT2D eigenvalue weighted by Crippen LogP contribution is 2.32. The molecule has 0 aliphatic carbocycles. The molecule has 9 heteroatoms. The molecule has 0 saturated heterocycles. The van der Waals surface area contributed by atoms with Crippen molar-refractivity contribution < 1.29 is 27.6 Å². The zero-order valence-corrected chi connectivity index (χ0v) is 10.7. The lowest BCUT2D eigenvalue weighted by Gasteiger charge is -2.11. The van der Waals surface area contributed by atoms with E-state index in [0.29, 0.717) is 11.9 Å². The van der Waals surface area contributed by atoms with E-state index in [4.69, 9.17) is 9.63 Å². The smallest absolute Gasteiger partial charge is 0.416 e. The van der Waals surface area contributed by atoms with E-state index < -0.39 is 23.3 Å². The maximum Gasteiger partial charge on any atom is 0.416 e. The van der Waals surface area contributed by atoms with Crippen LogP contribution in [-0.2, 0) is 12.7 Å². The number of nitrogens with zero attached hydrogens (tertiary/aromatic N) is 2. The average molecular weight is 301 g/mol. The van der Waals surface area contributed by atoms with Crippen LogP contribution >= 0.6 is 0 Å². The summed E-state index contributed by atoms with van der Waals surface area (Å²) in [5.41, 5.74) is -1.48. The number of carboxylic acid groups (broad SMARTS) is 1. The second-order valence-electron chi connectivity index (χ2n) is 4.15. The summed E-state index contributed by atoms with van der Waals surface area (Å²) in [7, 11) is 0. The van der Waals surface area contributed by atoms with Crippen molar-refractivity contribution in [3.63, 3.8) is 0 Å². The summed E-state index contributed by atoms with van der Waals surface area (Å²) in [5.74, 6) is -0.869. The Morgan fingerprint density at radius 3 is 2.67 bits per heavy atom. The highest BCUT2D eigenvalue weighted by atomic mass is 19.4. The van der Waals surface area contributed by atoms with Gasteiger partial charge in [0.1, 0.15) is 0 Å². The van der Waals surface area contributed by atoms with Gasteiger partial charge < -0.3 is 14.9 Å². The molecule has 112 valence electrons. The van der Waals surface area contributed by atoms with Gasteiger partial charge in [-0.25, -0.2) is 4.79 Å². The standard InChI is InChI=1S/C12H10F3N3O3/c1-6-17-10(21-18-6)5-16-9-3-2-7(12(13,14)15)4-8(9)11(19)20/h2-4,16H,5H2,1H3,(H,19,20). The van der Waals surface area contributed by atoms with Crippen molar-refractivity contribution in [3.05, 3.63) is 41.0 Å². The van der Waals surface area contributed by atoms with Crippen molar-refractivity contribution in [2.45, 2.75) is 19.6 Å². The third-order valence-electron chi connectivity index (χ3n) is 2.58. The fourth-order valence-corrected chi connectivity index (χ4v) is 1.63. The van der Waals surface area contributed by atoms with Gasteiger partial charge in [-0.2, -0.15) is 18.2 Å². The normalized spacial score (nSPS) is 11.4. The number of hydrogen-bond donors (Lipinski definition) is 2. The zero-order valence-electron chi connectivity index (χ0n) is 10.7. The molecule has 0 fully saturated rings. The molecule has 2 aromatic rings. The molecule has 6 nitrogen and oxygen atoms in total. The number of benzene rings is 1. The first-order valence-electron chi connectivity index (χ1n) is 5.75. The van der Waals surface area contributed by atoms with Gasteiger partial charge in [0.05, 0.1) is 17.7 Å². The van der Waals surface area contributed by atoms with Crippen molar-refractivity contribution in [2.75, 3.05) is 5.32 Å². The Balaban J connectivity index is 2.24. The van der Waals surface area contributed by atoms with Crippen LogP contribution in [-0.4, -0.2) is 21.2 Å². The van der Waals surface area contributed by atoms with E-state index >= 15 is 0 Å². The van der Waals surface area contributed by atoms with E-state index in [-0.39, 0.29) is 18.1 Å². The van der Waals surface area contributed by atoms with Crippen molar-refractivity contribution in [1.29, 1.82) is 0 Å². The van der Waals surface area contributed by atoms with Gasteiger partial charge in [0.25, 0.3) is 0 Å². The van der Waals surface area contributed by atoms with E-state index in [0.717, 1.165) is 12.1 Å². The maximum atomic E-state index is 12.6.